The van der Waals surface area contributed by atoms with Gasteiger partial charge < -0.3 is 19.5 Å². The van der Waals surface area contributed by atoms with Gasteiger partial charge in [0, 0.05) is 6.54 Å². The van der Waals surface area contributed by atoms with Crippen molar-refractivity contribution in [2.45, 2.75) is 19.6 Å². The predicted octanol–water partition coefficient (Wildman–Crippen LogP) is 6.34. The van der Waals surface area contributed by atoms with Crippen LogP contribution in [0.4, 0.5) is 0 Å². The minimum absolute atomic E-state index is 0. The second-order valence-corrected chi connectivity index (χ2v) is 7.58. The number of benzene rings is 3. The Kier molecular flexibility index (Phi) is 10.3. The highest BCUT2D eigenvalue weighted by Crippen LogP contribution is 2.30. The summed E-state index contributed by atoms with van der Waals surface area (Å²) in [6.45, 7) is 1.96. The SMILES string of the molecule is COc1ccccc1CCNCc1ccc(OCc2ccc(Cl)c(Cl)c2)c(OC)c1.Cl. The highest BCUT2D eigenvalue weighted by atomic mass is 35.5. The molecule has 0 spiro atoms. The summed E-state index contributed by atoms with van der Waals surface area (Å²) in [6.07, 6.45) is 0.895. The third-order valence-corrected chi connectivity index (χ3v) is 5.44. The van der Waals surface area contributed by atoms with Crippen LogP contribution in [0.2, 0.25) is 10.0 Å². The van der Waals surface area contributed by atoms with Gasteiger partial charge >= 0.3 is 0 Å². The Morgan fingerprint density at radius 1 is 0.774 bits per heavy atom. The van der Waals surface area contributed by atoms with Gasteiger partial charge in [-0.1, -0.05) is 53.5 Å². The Labute approximate surface area is 199 Å². The lowest BCUT2D eigenvalue weighted by Crippen LogP contribution is -2.17. The average molecular weight is 483 g/mol. The molecule has 166 valence electrons. The van der Waals surface area contributed by atoms with Gasteiger partial charge in [-0.05, 0) is 60.0 Å². The van der Waals surface area contributed by atoms with Gasteiger partial charge in [-0.3, -0.25) is 0 Å². The van der Waals surface area contributed by atoms with Gasteiger partial charge in [0.1, 0.15) is 12.4 Å². The van der Waals surface area contributed by atoms with Crippen LogP contribution in [-0.2, 0) is 19.6 Å². The molecule has 0 aliphatic heterocycles. The fourth-order valence-electron chi connectivity index (χ4n) is 3.10. The number of hydrogen-bond acceptors (Lipinski definition) is 4. The molecular weight excluding hydrogens is 457 g/mol. The predicted molar refractivity (Wildman–Crippen MR) is 129 cm³/mol. The molecule has 0 radical (unpaired) electrons. The summed E-state index contributed by atoms with van der Waals surface area (Å²) in [5.41, 5.74) is 3.25. The highest BCUT2D eigenvalue weighted by Gasteiger charge is 2.08. The lowest BCUT2D eigenvalue weighted by molar-refractivity contribution is 0.284. The van der Waals surface area contributed by atoms with Crippen molar-refractivity contribution in [3.05, 3.63) is 87.4 Å². The van der Waals surface area contributed by atoms with Crippen LogP contribution in [0.1, 0.15) is 16.7 Å². The Morgan fingerprint density at radius 3 is 2.26 bits per heavy atom. The first-order valence-corrected chi connectivity index (χ1v) is 10.4. The summed E-state index contributed by atoms with van der Waals surface area (Å²) in [5.74, 6) is 2.30. The van der Waals surface area contributed by atoms with Crippen LogP contribution >= 0.6 is 35.6 Å². The summed E-state index contributed by atoms with van der Waals surface area (Å²) in [5, 5.41) is 4.50. The molecule has 0 aliphatic rings. The molecule has 31 heavy (non-hydrogen) atoms. The van der Waals surface area contributed by atoms with E-state index < -0.39 is 0 Å². The van der Waals surface area contributed by atoms with E-state index in [0.29, 0.717) is 28.2 Å². The van der Waals surface area contributed by atoms with Crippen LogP contribution in [0.3, 0.4) is 0 Å². The molecule has 0 bridgehead atoms. The zero-order valence-electron chi connectivity index (χ0n) is 17.5. The highest BCUT2D eigenvalue weighted by molar-refractivity contribution is 6.42. The van der Waals surface area contributed by atoms with Crippen molar-refractivity contribution in [2.24, 2.45) is 0 Å². The number of halogens is 3. The fourth-order valence-corrected chi connectivity index (χ4v) is 3.42. The monoisotopic (exact) mass is 481 g/mol. The third kappa shape index (κ3) is 7.22. The average Bonchev–Trinajstić information content (AvgIpc) is 2.78. The minimum atomic E-state index is 0. The molecule has 7 heteroatoms. The summed E-state index contributed by atoms with van der Waals surface area (Å²) >= 11 is 12.0. The summed E-state index contributed by atoms with van der Waals surface area (Å²) < 4.78 is 16.8. The maximum Gasteiger partial charge on any atom is 0.161 e. The second-order valence-electron chi connectivity index (χ2n) is 6.76. The van der Waals surface area contributed by atoms with Gasteiger partial charge in [-0.25, -0.2) is 0 Å². The third-order valence-electron chi connectivity index (χ3n) is 4.70. The van der Waals surface area contributed by atoms with E-state index in [2.05, 4.69) is 11.4 Å². The van der Waals surface area contributed by atoms with Crippen molar-refractivity contribution < 1.29 is 14.2 Å². The standard InChI is InChI=1S/C24H25Cl2NO3.ClH/c1-28-22-6-4-3-5-19(22)11-12-27-15-17-8-10-23(24(14-17)29-2)30-16-18-7-9-20(25)21(26)13-18;/h3-10,13-14,27H,11-12,15-16H2,1-2H3;1H. The lowest BCUT2D eigenvalue weighted by Gasteiger charge is -2.13. The van der Waals surface area contributed by atoms with Gasteiger partial charge in [-0.15, -0.1) is 12.4 Å². The Bertz CT molecular complexity index is 982. The molecule has 0 atom stereocenters. The normalized spacial score (nSPS) is 10.3. The Morgan fingerprint density at radius 2 is 1.52 bits per heavy atom. The molecule has 3 aromatic carbocycles. The van der Waals surface area contributed by atoms with E-state index in [1.54, 1.807) is 26.4 Å². The van der Waals surface area contributed by atoms with Crippen LogP contribution < -0.4 is 19.5 Å². The number of para-hydroxylation sites is 1. The molecule has 0 aliphatic carbocycles. The zero-order chi connectivity index (χ0) is 21.3. The van der Waals surface area contributed by atoms with E-state index in [-0.39, 0.29) is 12.4 Å². The molecular formula is C24H26Cl3NO3. The van der Waals surface area contributed by atoms with Gasteiger partial charge in [0.2, 0.25) is 0 Å². The minimum Gasteiger partial charge on any atom is -0.496 e. The second kappa shape index (κ2) is 12.7. The number of methoxy groups -OCH3 is 2. The quantitative estimate of drug-likeness (QED) is 0.342. The number of ether oxygens (including phenoxy) is 3. The number of hydrogen-bond donors (Lipinski definition) is 1. The Hall–Kier alpha value is -2.11. The van der Waals surface area contributed by atoms with Crippen molar-refractivity contribution in [1.82, 2.24) is 5.32 Å². The molecule has 0 fully saturated rings. The summed E-state index contributed by atoms with van der Waals surface area (Å²) in [6, 6.07) is 19.5. The van der Waals surface area contributed by atoms with E-state index in [1.807, 2.05) is 42.5 Å². The van der Waals surface area contributed by atoms with Crippen LogP contribution in [0.25, 0.3) is 0 Å². The smallest absolute Gasteiger partial charge is 0.161 e. The Balaban J connectivity index is 0.00000341. The first-order valence-electron chi connectivity index (χ1n) is 9.67. The molecule has 3 rings (SSSR count). The van der Waals surface area contributed by atoms with Crippen molar-refractivity contribution in [3.8, 4) is 17.2 Å². The van der Waals surface area contributed by atoms with Crippen LogP contribution in [-0.4, -0.2) is 20.8 Å². The van der Waals surface area contributed by atoms with Crippen LogP contribution in [0, 0.1) is 0 Å². The van der Waals surface area contributed by atoms with Gasteiger partial charge in [-0.2, -0.15) is 0 Å². The molecule has 1 N–H and O–H groups in total. The molecule has 0 saturated carbocycles. The van der Waals surface area contributed by atoms with Crippen molar-refractivity contribution in [1.29, 1.82) is 0 Å². The fraction of sp³-hybridized carbons (Fsp3) is 0.250. The molecule has 0 amide bonds. The van der Waals surface area contributed by atoms with Crippen molar-refractivity contribution in [2.75, 3.05) is 20.8 Å². The van der Waals surface area contributed by atoms with E-state index in [0.717, 1.165) is 36.4 Å². The van der Waals surface area contributed by atoms with Gasteiger partial charge in [0.05, 0.1) is 24.3 Å². The van der Waals surface area contributed by atoms with Gasteiger partial charge in [0.15, 0.2) is 11.5 Å². The van der Waals surface area contributed by atoms with Gasteiger partial charge in [0.25, 0.3) is 0 Å². The maximum atomic E-state index is 6.07. The largest absolute Gasteiger partial charge is 0.496 e. The first kappa shape index (κ1) is 25.2. The maximum absolute atomic E-state index is 6.07. The van der Waals surface area contributed by atoms with Crippen LogP contribution in [0.5, 0.6) is 17.2 Å². The zero-order valence-corrected chi connectivity index (χ0v) is 19.8. The molecule has 0 unspecified atom stereocenters. The molecule has 3 aromatic rings. The summed E-state index contributed by atoms with van der Waals surface area (Å²) in [7, 11) is 3.34. The molecule has 0 saturated heterocycles. The van der Waals surface area contributed by atoms with Crippen LogP contribution in [0.15, 0.2) is 60.7 Å². The summed E-state index contributed by atoms with van der Waals surface area (Å²) in [4.78, 5) is 0. The molecule has 4 nitrogen and oxygen atoms in total. The number of nitrogens with one attached hydrogen (secondary N) is 1. The van der Waals surface area contributed by atoms with E-state index in [1.165, 1.54) is 5.56 Å². The topological polar surface area (TPSA) is 39.7 Å². The number of rotatable bonds is 10. The van der Waals surface area contributed by atoms with Crippen molar-refractivity contribution in [3.63, 3.8) is 0 Å². The lowest BCUT2D eigenvalue weighted by atomic mass is 10.1. The van der Waals surface area contributed by atoms with Crippen molar-refractivity contribution >= 4 is 35.6 Å². The first-order chi connectivity index (χ1) is 14.6. The molecule has 0 heterocycles. The van der Waals surface area contributed by atoms with E-state index >= 15 is 0 Å². The molecule has 0 aromatic heterocycles. The van der Waals surface area contributed by atoms with E-state index in [4.69, 9.17) is 37.4 Å². The van der Waals surface area contributed by atoms with E-state index in [9.17, 15) is 0 Å².